The van der Waals surface area contributed by atoms with Crippen molar-refractivity contribution in [3.05, 3.63) is 27.9 Å². The van der Waals surface area contributed by atoms with E-state index in [4.69, 9.17) is 0 Å². The van der Waals surface area contributed by atoms with E-state index >= 15 is 0 Å². The lowest BCUT2D eigenvalue weighted by molar-refractivity contribution is -0.385. The zero-order chi connectivity index (χ0) is 16.5. The van der Waals surface area contributed by atoms with Crippen molar-refractivity contribution in [1.29, 1.82) is 0 Å². The summed E-state index contributed by atoms with van der Waals surface area (Å²) in [6.07, 6.45) is 2.34. The van der Waals surface area contributed by atoms with E-state index in [1.165, 1.54) is 6.20 Å². The van der Waals surface area contributed by atoms with Crippen LogP contribution in [0.2, 0.25) is 0 Å². The minimum Gasteiger partial charge on any atom is -0.354 e. The summed E-state index contributed by atoms with van der Waals surface area (Å²) in [5.74, 6) is 0.691. The third-order valence-corrected chi connectivity index (χ3v) is 7.39. The fourth-order valence-corrected chi connectivity index (χ4v) is 5.11. The summed E-state index contributed by atoms with van der Waals surface area (Å²) in [6, 6.07) is 1.66. The third kappa shape index (κ3) is 2.67. The molecule has 1 saturated heterocycles. The third-order valence-electron chi connectivity index (χ3n) is 4.65. The number of pyridine rings is 1. The van der Waals surface area contributed by atoms with E-state index in [9.17, 15) is 18.5 Å². The summed E-state index contributed by atoms with van der Waals surface area (Å²) in [7, 11) is -3.14. The molecule has 0 unspecified atom stereocenters. The molecule has 0 radical (unpaired) electrons. The van der Waals surface area contributed by atoms with Crippen molar-refractivity contribution in [3.8, 4) is 0 Å². The molecule has 0 spiro atoms. The van der Waals surface area contributed by atoms with Gasteiger partial charge >= 0.3 is 0 Å². The first-order valence-electron chi connectivity index (χ1n) is 7.34. The van der Waals surface area contributed by atoms with Crippen LogP contribution in [-0.4, -0.2) is 41.9 Å². The molecule has 0 amide bonds. The minimum absolute atomic E-state index is 0.0226. The summed E-state index contributed by atoms with van der Waals surface area (Å²) < 4.78 is 24.1. The van der Waals surface area contributed by atoms with Crippen LogP contribution >= 0.6 is 0 Å². The van der Waals surface area contributed by atoms with Gasteiger partial charge in [-0.3, -0.25) is 10.1 Å². The van der Waals surface area contributed by atoms with Crippen LogP contribution in [-0.2, 0) is 9.84 Å². The highest BCUT2D eigenvalue weighted by Gasteiger charge is 2.45. The Morgan fingerprint density at radius 3 is 2.55 bits per heavy atom. The van der Waals surface area contributed by atoms with Gasteiger partial charge in [0.1, 0.15) is 12.0 Å². The van der Waals surface area contributed by atoms with E-state index in [0.29, 0.717) is 37.3 Å². The van der Waals surface area contributed by atoms with Crippen molar-refractivity contribution < 1.29 is 13.3 Å². The highest BCUT2D eigenvalue weighted by atomic mass is 32.2. The number of nitrogens with zero attached hydrogens (tertiary/aromatic N) is 3. The van der Waals surface area contributed by atoms with E-state index in [2.05, 4.69) is 4.98 Å². The fraction of sp³-hybridized carbons (Fsp3) is 0.643. The van der Waals surface area contributed by atoms with Crippen LogP contribution in [0.5, 0.6) is 0 Å². The van der Waals surface area contributed by atoms with Gasteiger partial charge in [0.05, 0.1) is 15.4 Å². The Bertz CT molecular complexity index is 683. The Hall–Kier alpha value is -1.70. The molecule has 0 aromatic carbocycles. The van der Waals surface area contributed by atoms with Crippen molar-refractivity contribution in [2.24, 2.45) is 0 Å². The molecule has 8 heteroatoms. The number of aromatic nitrogens is 1. The zero-order valence-corrected chi connectivity index (χ0v) is 13.9. The Morgan fingerprint density at radius 2 is 2.05 bits per heavy atom. The monoisotopic (exact) mass is 327 g/mol. The molecule has 0 aliphatic carbocycles. The lowest BCUT2D eigenvalue weighted by atomic mass is 10.0. The van der Waals surface area contributed by atoms with E-state index < -0.39 is 19.5 Å². The molecule has 0 bridgehead atoms. The lowest BCUT2D eigenvalue weighted by Crippen LogP contribution is -2.56. The fourth-order valence-electron chi connectivity index (χ4n) is 2.98. The van der Waals surface area contributed by atoms with Gasteiger partial charge in [-0.2, -0.15) is 0 Å². The number of rotatable bonds is 4. The Labute approximate surface area is 130 Å². The van der Waals surface area contributed by atoms with Crippen molar-refractivity contribution in [2.75, 3.05) is 23.7 Å². The summed E-state index contributed by atoms with van der Waals surface area (Å²) in [4.78, 5) is 16.5. The van der Waals surface area contributed by atoms with Gasteiger partial charge in [0.2, 0.25) is 0 Å². The van der Waals surface area contributed by atoms with Gasteiger partial charge in [0, 0.05) is 18.7 Å². The smallest absolute Gasteiger partial charge is 0.290 e. The molecule has 1 aromatic rings. The highest BCUT2D eigenvalue weighted by Crippen LogP contribution is 2.33. The number of hydrogen-bond acceptors (Lipinski definition) is 6. The van der Waals surface area contributed by atoms with Crippen LogP contribution in [0, 0.1) is 17.0 Å². The SMILES string of the molecule is CCC1(CC)CN(c2cc(C)c([N+](=O)[O-])cn2)CCS1(=O)=O. The molecular weight excluding hydrogens is 306 g/mol. The average Bonchev–Trinajstić information content (AvgIpc) is 2.47. The molecule has 122 valence electrons. The Kier molecular flexibility index (Phi) is 4.42. The second kappa shape index (κ2) is 5.83. The van der Waals surface area contributed by atoms with E-state index in [1.54, 1.807) is 13.0 Å². The van der Waals surface area contributed by atoms with Crippen molar-refractivity contribution in [2.45, 2.75) is 38.4 Å². The maximum Gasteiger partial charge on any atom is 0.290 e. The molecule has 0 N–H and O–H groups in total. The van der Waals surface area contributed by atoms with Crippen molar-refractivity contribution in [1.82, 2.24) is 4.98 Å². The molecule has 22 heavy (non-hydrogen) atoms. The molecule has 1 fully saturated rings. The molecule has 1 aliphatic rings. The van der Waals surface area contributed by atoms with Gasteiger partial charge < -0.3 is 4.90 Å². The second-order valence-electron chi connectivity index (χ2n) is 5.72. The Morgan fingerprint density at radius 1 is 1.41 bits per heavy atom. The topological polar surface area (TPSA) is 93.4 Å². The van der Waals surface area contributed by atoms with Crippen molar-refractivity contribution in [3.63, 3.8) is 0 Å². The quantitative estimate of drug-likeness (QED) is 0.621. The van der Waals surface area contributed by atoms with Crippen LogP contribution in [0.15, 0.2) is 12.3 Å². The van der Waals surface area contributed by atoms with Crippen LogP contribution < -0.4 is 4.90 Å². The van der Waals surface area contributed by atoms with Gasteiger partial charge in [-0.1, -0.05) is 13.8 Å². The molecule has 7 nitrogen and oxygen atoms in total. The first-order chi connectivity index (χ1) is 10.3. The highest BCUT2D eigenvalue weighted by molar-refractivity contribution is 7.92. The van der Waals surface area contributed by atoms with Gasteiger partial charge in [0.15, 0.2) is 9.84 Å². The van der Waals surface area contributed by atoms with E-state index in [0.717, 1.165) is 0 Å². The van der Waals surface area contributed by atoms with Crippen LogP contribution in [0.25, 0.3) is 0 Å². The molecular formula is C14H21N3O4S. The largest absolute Gasteiger partial charge is 0.354 e. The number of hydrogen-bond donors (Lipinski definition) is 0. The number of aryl methyl sites for hydroxylation is 1. The minimum atomic E-state index is -3.14. The summed E-state index contributed by atoms with van der Waals surface area (Å²) in [5.41, 5.74) is 0.507. The number of anilines is 1. The number of nitro groups is 1. The predicted molar refractivity (Wildman–Crippen MR) is 84.9 cm³/mol. The Balaban J connectivity index is 2.35. The van der Waals surface area contributed by atoms with Gasteiger partial charge in [-0.25, -0.2) is 13.4 Å². The molecule has 2 heterocycles. The van der Waals surface area contributed by atoms with E-state index in [-0.39, 0.29) is 11.4 Å². The molecule has 1 aromatic heterocycles. The normalized spacial score (nSPS) is 19.9. The second-order valence-corrected chi connectivity index (χ2v) is 8.22. The molecule has 1 aliphatic heterocycles. The maximum atomic E-state index is 12.4. The van der Waals surface area contributed by atoms with Crippen molar-refractivity contribution >= 4 is 21.3 Å². The molecule has 2 rings (SSSR count). The van der Waals surface area contributed by atoms with Gasteiger partial charge in [-0.05, 0) is 25.8 Å². The number of sulfone groups is 1. The summed E-state index contributed by atoms with van der Waals surface area (Å²) in [6.45, 7) is 6.19. The van der Waals surface area contributed by atoms with E-state index in [1.807, 2.05) is 18.7 Å². The molecule has 0 saturated carbocycles. The predicted octanol–water partition coefficient (Wildman–Crippen LogP) is 2.09. The zero-order valence-electron chi connectivity index (χ0n) is 13.1. The maximum absolute atomic E-state index is 12.4. The van der Waals surface area contributed by atoms with Crippen LogP contribution in [0.3, 0.4) is 0 Å². The lowest BCUT2D eigenvalue weighted by Gasteiger charge is -2.41. The average molecular weight is 327 g/mol. The first-order valence-corrected chi connectivity index (χ1v) is 9.00. The van der Waals surface area contributed by atoms with Crippen LogP contribution in [0.4, 0.5) is 11.5 Å². The van der Waals surface area contributed by atoms with Gasteiger partial charge in [0.25, 0.3) is 5.69 Å². The first kappa shape index (κ1) is 16.7. The summed E-state index contributed by atoms with van der Waals surface area (Å²) >= 11 is 0. The van der Waals surface area contributed by atoms with Gasteiger partial charge in [-0.15, -0.1) is 0 Å². The standard InChI is InChI=1S/C14H21N3O4S/c1-4-14(5-2)10-16(6-7-22(14,20)21)13-8-11(3)12(9-15-13)17(18)19/h8-9H,4-7,10H2,1-3H3. The van der Waals surface area contributed by atoms with Crippen LogP contribution in [0.1, 0.15) is 32.3 Å². The summed E-state index contributed by atoms with van der Waals surface area (Å²) in [5, 5.41) is 10.9. The molecule has 0 atom stereocenters.